The van der Waals surface area contributed by atoms with E-state index in [1.165, 1.54) is 4.90 Å². The quantitative estimate of drug-likeness (QED) is 0.0626. The molecule has 1 N–H and O–H groups in total. The van der Waals surface area contributed by atoms with Crippen molar-refractivity contribution in [2.24, 2.45) is 35.5 Å². The van der Waals surface area contributed by atoms with Gasteiger partial charge in [-0.2, -0.15) is 0 Å². The first-order chi connectivity index (χ1) is 34.2. The standard InChI is InChI=1S/C57H95N3O12/c1-14-40(7)54(50(69-12)36-51(65)60-30-22-29-47(60)56(70-13)42(9)48(63)34-41(8)55(67)43-24-18-16-19-25-43)59(11)57(68)46(38(3)4)35-49(64)53(39(5)6)58(10)52(66)37-72-33-32-71-31-23-28-45(62)27-21-17-20-26-44(61)15-2/h16,18-19,24-25,38-42,46-47,50,53-56,67H,14-15,17,20-23,26-37H2,1-13H3/t40-,41-,42-,46?,47-,50+,53?,54-,55+,56+/m0/s1. The smallest absolute Gasteiger partial charge is 0.248 e. The number of carbonyl (C=O) groups excluding carboxylic acids is 7. The number of rotatable bonds is 38. The summed E-state index contributed by atoms with van der Waals surface area (Å²) in [5.74, 6) is -2.71. The Hall–Kier alpha value is -3.89. The van der Waals surface area contributed by atoms with Gasteiger partial charge in [0.15, 0.2) is 5.78 Å². The van der Waals surface area contributed by atoms with Crippen LogP contribution < -0.4 is 0 Å². The van der Waals surface area contributed by atoms with E-state index in [0.29, 0.717) is 58.1 Å². The Morgan fingerprint density at radius 2 is 1.33 bits per heavy atom. The molecule has 410 valence electrons. The van der Waals surface area contributed by atoms with Crippen LogP contribution in [0.3, 0.4) is 0 Å². The van der Waals surface area contributed by atoms with Crippen LogP contribution in [0.2, 0.25) is 0 Å². The summed E-state index contributed by atoms with van der Waals surface area (Å²) >= 11 is 0. The van der Waals surface area contributed by atoms with Gasteiger partial charge in [0.1, 0.15) is 24.0 Å². The number of likely N-dealkylation sites (N-methyl/N-ethyl adjacent to an activating group) is 2. The molecule has 2 unspecified atom stereocenters. The molecule has 15 heteroatoms. The van der Waals surface area contributed by atoms with Gasteiger partial charge in [-0.25, -0.2) is 0 Å². The molecule has 1 aromatic carbocycles. The van der Waals surface area contributed by atoms with Crippen molar-refractivity contribution < 1.29 is 57.6 Å². The highest BCUT2D eigenvalue weighted by Crippen LogP contribution is 2.33. The Kier molecular flexibility index (Phi) is 30.2. The van der Waals surface area contributed by atoms with E-state index in [1.54, 1.807) is 38.1 Å². The van der Waals surface area contributed by atoms with Crippen LogP contribution in [0.5, 0.6) is 0 Å². The molecule has 1 aromatic rings. The molecule has 0 aliphatic carbocycles. The first-order valence-corrected chi connectivity index (χ1v) is 27.0. The predicted octanol–water partition coefficient (Wildman–Crippen LogP) is 8.26. The van der Waals surface area contributed by atoms with Crippen LogP contribution in [0, 0.1) is 35.5 Å². The first kappa shape index (κ1) is 64.2. The second kappa shape index (κ2) is 33.8. The van der Waals surface area contributed by atoms with E-state index in [4.69, 9.17) is 18.9 Å². The van der Waals surface area contributed by atoms with Gasteiger partial charge in [-0.1, -0.05) is 105 Å². The number of aliphatic hydroxyl groups is 1. The molecule has 1 aliphatic rings. The summed E-state index contributed by atoms with van der Waals surface area (Å²) in [5, 5.41) is 11.0. The summed E-state index contributed by atoms with van der Waals surface area (Å²) in [4.78, 5) is 98.9. The van der Waals surface area contributed by atoms with Crippen LogP contribution in [0.25, 0.3) is 0 Å². The van der Waals surface area contributed by atoms with Crippen molar-refractivity contribution >= 4 is 40.9 Å². The molecular weight excluding hydrogens is 919 g/mol. The van der Waals surface area contributed by atoms with Crippen LogP contribution >= 0.6 is 0 Å². The SMILES string of the molecule is CCC(=O)CCCCCC(=O)CCCOCCOCC(=O)N(C)C(C(=O)CC(C(=O)N(C)[C@@H]([C@@H](C)CC)[C@@H](CC(=O)N1CCC[C@H]1[C@H](OC)[C@@H](C)C(=O)C[C@H](C)[C@@H](O)c1ccccc1)OC)C(C)C)C(C)C. The largest absolute Gasteiger partial charge is 0.388 e. The van der Waals surface area contributed by atoms with E-state index in [0.717, 1.165) is 31.2 Å². The minimum absolute atomic E-state index is 0.00694. The molecule has 1 heterocycles. The van der Waals surface area contributed by atoms with Crippen molar-refractivity contribution in [2.75, 3.05) is 61.3 Å². The summed E-state index contributed by atoms with van der Waals surface area (Å²) in [6, 6.07) is 7.64. The van der Waals surface area contributed by atoms with Gasteiger partial charge in [0.05, 0.1) is 56.1 Å². The molecule has 10 atom stereocenters. The van der Waals surface area contributed by atoms with Crippen LogP contribution in [-0.2, 0) is 52.5 Å². The third-order valence-electron chi connectivity index (χ3n) is 15.0. The Bertz CT molecular complexity index is 1810. The molecule has 15 nitrogen and oxygen atoms in total. The third-order valence-corrected chi connectivity index (χ3v) is 15.0. The number of methoxy groups -OCH3 is 2. The molecule has 1 fully saturated rings. The topological polar surface area (TPSA) is 186 Å². The Labute approximate surface area is 433 Å². The number of Topliss-reactive ketones (excluding diaryl/α,β-unsaturated/α-hetero) is 4. The lowest BCUT2D eigenvalue weighted by Crippen LogP contribution is -2.54. The summed E-state index contributed by atoms with van der Waals surface area (Å²) in [6.07, 6.45) is 5.30. The van der Waals surface area contributed by atoms with Gasteiger partial charge in [-0.3, -0.25) is 33.6 Å². The van der Waals surface area contributed by atoms with Gasteiger partial charge in [-0.15, -0.1) is 0 Å². The lowest BCUT2D eigenvalue weighted by atomic mass is 9.83. The zero-order chi connectivity index (χ0) is 54.1. The van der Waals surface area contributed by atoms with E-state index in [2.05, 4.69) is 0 Å². The highest BCUT2D eigenvalue weighted by Gasteiger charge is 2.43. The zero-order valence-corrected chi connectivity index (χ0v) is 46.5. The maximum Gasteiger partial charge on any atom is 0.248 e. The maximum absolute atomic E-state index is 14.7. The fourth-order valence-electron chi connectivity index (χ4n) is 10.3. The van der Waals surface area contributed by atoms with Crippen LogP contribution in [0.1, 0.15) is 164 Å². The van der Waals surface area contributed by atoms with Crippen molar-refractivity contribution in [1.82, 2.24) is 14.7 Å². The average molecular weight is 1010 g/mol. The number of carbonyl (C=O) groups is 7. The second-order valence-electron chi connectivity index (χ2n) is 21.1. The van der Waals surface area contributed by atoms with Gasteiger partial charge in [0.25, 0.3) is 0 Å². The van der Waals surface area contributed by atoms with Gasteiger partial charge < -0.3 is 38.8 Å². The summed E-state index contributed by atoms with van der Waals surface area (Å²) in [5.41, 5.74) is 0.753. The van der Waals surface area contributed by atoms with Crippen molar-refractivity contribution in [3.63, 3.8) is 0 Å². The van der Waals surface area contributed by atoms with Gasteiger partial charge in [0, 0.05) is 91.8 Å². The number of hydrogen-bond acceptors (Lipinski definition) is 12. The number of ether oxygens (including phenoxy) is 4. The highest BCUT2D eigenvalue weighted by atomic mass is 16.5. The summed E-state index contributed by atoms with van der Waals surface area (Å²) in [6.45, 7) is 18.2. The molecule has 2 rings (SSSR count). The molecule has 1 saturated heterocycles. The molecule has 0 spiro atoms. The van der Waals surface area contributed by atoms with Crippen molar-refractivity contribution in [3.8, 4) is 0 Å². The summed E-state index contributed by atoms with van der Waals surface area (Å²) in [7, 11) is 6.42. The van der Waals surface area contributed by atoms with Gasteiger partial charge in [-0.05, 0) is 61.3 Å². The fourth-order valence-corrected chi connectivity index (χ4v) is 10.3. The van der Waals surface area contributed by atoms with Crippen molar-refractivity contribution in [2.45, 2.75) is 189 Å². The normalized spacial score (nSPS) is 17.7. The molecule has 0 aromatic heterocycles. The average Bonchev–Trinajstić information content (AvgIpc) is 3.85. The zero-order valence-electron chi connectivity index (χ0n) is 46.5. The molecule has 0 radical (unpaired) electrons. The first-order valence-electron chi connectivity index (χ1n) is 27.0. The molecular formula is C57H95N3O12. The number of likely N-dealkylation sites (tertiary alicyclic amines) is 1. The van der Waals surface area contributed by atoms with E-state index >= 15 is 0 Å². The van der Waals surface area contributed by atoms with Crippen LogP contribution in [0.4, 0.5) is 0 Å². The lowest BCUT2D eigenvalue weighted by molar-refractivity contribution is -0.150. The highest BCUT2D eigenvalue weighted by molar-refractivity contribution is 5.93. The number of amides is 3. The van der Waals surface area contributed by atoms with Gasteiger partial charge in [0.2, 0.25) is 17.7 Å². The molecule has 72 heavy (non-hydrogen) atoms. The number of benzene rings is 1. The number of unbranched alkanes of at least 4 members (excludes halogenated alkanes) is 2. The van der Waals surface area contributed by atoms with E-state index < -0.39 is 42.2 Å². The van der Waals surface area contributed by atoms with Crippen LogP contribution in [-0.4, -0.2) is 152 Å². The second-order valence-corrected chi connectivity index (χ2v) is 21.1. The number of hydrogen-bond donors (Lipinski definition) is 1. The van der Waals surface area contributed by atoms with Crippen molar-refractivity contribution in [3.05, 3.63) is 35.9 Å². The Balaban J connectivity index is 2.05. The molecule has 1 aliphatic heterocycles. The lowest BCUT2D eigenvalue weighted by Gasteiger charge is -2.41. The Morgan fingerprint density at radius 1 is 0.708 bits per heavy atom. The van der Waals surface area contributed by atoms with E-state index in [9.17, 15) is 38.7 Å². The predicted molar refractivity (Wildman–Crippen MR) is 280 cm³/mol. The van der Waals surface area contributed by atoms with Crippen LogP contribution in [0.15, 0.2) is 30.3 Å². The minimum atomic E-state index is -0.797. The maximum atomic E-state index is 14.7. The van der Waals surface area contributed by atoms with E-state index in [-0.39, 0.29) is 110 Å². The number of ketones is 4. The summed E-state index contributed by atoms with van der Waals surface area (Å²) < 4.78 is 23.3. The van der Waals surface area contributed by atoms with Gasteiger partial charge >= 0.3 is 0 Å². The number of nitrogens with zero attached hydrogens (tertiary/aromatic N) is 3. The van der Waals surface area contributed by atoms with E-state index in [1.807, 2.05) is 92.6 Å². The monoisotopic (exact) mass is 1010 g/mol. The fraction of sp³-hybridized carbons (Fsp3) is 0.772. The third kappa shape index (κ3) is 20.4. The molecule has 3 amide bonds. The number of aliphatic hydroxyl groups excluding tert-OH is 1. The minimum Gasteiger partial charge on any atom is -0.388 e. The van der Waals surface area contributed by atoms with Crippen molar-refractivity contribution in [1.29, 1.82) is 0 Å². The molecule has 0 bridgehead atoms. The molecule has 0 saturated carbocycles. The Morgan fingerprint density at radius 3 is 1.92 bits per heavy atom.